The van der Waals surface area contributed by atoms with Crippen LogP contribution in [-0.4, -0.2) is 50.8 Å². The summed E-state index contributed by atoms with van der Waals surface area (Å²) in [6, 6.07) is 12.2. The molecule has 0 saturated carbocycles. The molecule has 7 heteroatoms. The van der Waals surface area contributed by atoms with Gasteiger partial charge in [0.1, 0.15) is 5.69 Å². The zero-order valence-electron chi connectivity index (χ0n) is 19.1. The third-order valence-corrected chi connectivity index (χ3v) is 6.23. The second-order valence-corrected chi connectivity index (χ2v) is 8.86. The van der Waals surface area contributed by atoms with Gasteiger partial charge in [0.2, 0.25) is 5.91 Å². The summed E-state index contributed by atoms with van der Waals surface area (Å²) in [5.41, 5.74) is 3.05. The maximum atomic E-state index is 13.5. The number of rotatable bonds is 6. The Labute approximate surface area is 194 Å². The quantitative estimate of drug-likeness (QED) is 0.630. The van der Waals surface area contributed by atoms with E-state index in [9.17, 15) is 9.59 Å². The molecule has 1 saturated heterocycles. The van der Waals surface area contributed by atoms with E-state index in [0.29, 0.717) is 38.0 Å². The lowest BCUT2D eigenvalue weighted by atomic mass is 9.71. The van der Waals surface area contributed by atoms with Crippen LogP contribution < -0.4 is 5.32 Å². The highest BCUT2D eigenvalue weighted by Gasteiger charge is 2.43. The fraction of sp³-hybridized carbons (Fsp3) is 0.346. The summed E-state index contributed by atoms with van der Waals surface area (Å²) in [4.78, 5) is 40.4. The van der Waals surface area contributed by atoms with Gasteiger partial charge in [-0.15, -0.1) is 0 Å². The number of hydrogen-bond donors (Lipinski definition) is 1. The van der Waals surface area contributed by atoms with Gasteiger partial charge in [0.15, 0.2) is 0 Å². The van der Waals surface area contributed by atoms with Crippen LogP contribution in [0.2, 0.25) is 0 Å². The molecule has 2 amide bonds. The molecule has 3 heterocycles. The number of nitrogens with zero attached hydrogens (tertiary/aromatic N) is 4. The SMILES string of the molecule is CC(C)NC(=O)C1(Cc2ccccc2-c2ccncc2)CCN(C(=O)c2cnccn2)CC1. The Bertz CT molecular complexity index is 1090. The number of carbonyl (C=O) groups excluding carboxylic acids is 2. The molecule has 0 aliphatic carbocycles. The highest BCUT2D eigenvalue weighted by Crippen LogP contribution is 2.38. The predicted octanol–water partition coefficient (Wildman–Crippen LogP) is 3.53. The van der Waals surface area contributed by atoms with E-state index >= 15 is 0 Å². The molecule has 0 atom stereocenters. The minimum atomic E-state index is -0.591. The Morgan fingerprint density at radius 1 is 1.00 bits per heavy atom. The minimum Gasteiger partial charge on any atom is -0.353 e. The maximum absolute atomic E-state index is 13.5. The van der Waals surface area contributed by atoms with Gasteiger partial charge in [0, 0.05) is 43.9 Å². The van der Waals surface area contributed by atoms with E-state index in [-0.39, 0.29) is 17.9 Å². The van der Waals surface area contributed by atoms with Gasteiger partial charge in [-0.25, -0.2) is 4.98 Å². The summed E-state index contributed by atoms with van der Waals surface area (Å²) in [5.74, 6) is -0.0909. The molecule has 2 aromatic heterocycles. The van der Waals surface area contributed by atoms with Crippen molar-refractivity contribution in [2.45, 2.75) is 39.2 Å². The summed E-state index contributed by atoms with van der Waals surface area (Å²) in [7, 11) is 0. The number of benzene rings is 1. The second-order valence-electron chi connectivity index (χ2n) is 8.86. The summed E-state index contributed by atoms with van der Waals surface area (Å²) < 4.78 is 0. The molecule has 0 radical (unpaired) electrons. The number of aromatic nitrogens is 3. The Kier molecular flexibility index (Phi) is 6.77. The average Bonchev–Trinajstić information content (AvgIpc) is 2.85. The van der Waals surface area contributed by atoms with Gasteiger partial charge in [-0.1, -0.05) is 24.3 Å². The normalized spacial score (nSPS) is 15.3. The van der Waals surface area contributed by atoms with Crippen LogP contribution in [0.4, 0.5) is 0 Å². The van der Waals surface area contributed by atoms with Gasteiger partial charge in [0.05, 0.1) is 11.6 Å². The molecule has 4 rings (SSSR count). The molecule has 1 aliphatic heterocycles. The lowest BCUT2D eigenvalue weighted by Gasteiger charge is -2.41. The molecular weight excluding hydrogens is 414 g/mol. The molecule has 3 aromatic rings. The van der Waals surface area contributed by atoms with Gasteiger partial charge >= 0.3 is 0 Å². The maximum Gasteiger partial charge on any atom is 0.274 e. The van der Waals surface area contributed by atoms with Crippen LogP contribution in [0.5, 0.6) is 0 Å². The molecule has 170 valence electrons. The van der Waals surface area contributed by atoms with Crippen molar-refractivity contribution in [1.29, 1.82) is 0 Å². The first kappa shape index (κ1) is 22.6. The van der Waals surface area contributed by atoms with Crippen molar-refractivity contribution in [3.05, 3.63) is 78.6 Å². The zero-order valence-corrected chi connectivity index (χ0v) is 19.1. The van der Waals surface area contributed by atoms with Crippen LogP contribution in [0.25, 0.3) is 11.1 Å². The Morgan fingerprint density at radius 3 is 2.39 bits per heavy atom. The third-order valence-electron chi connectivity index (χ3n) is 6.23. The molecule has 1 N–H and O–H groups in total. The highest BCUT2D eigenvalue weighted by atomic mass is 16.2. The highest BCUT2D eigenvalue weighted by molar-refractivity contribution is 5.92. The first-order valence-corrected chi connectivity index (χ1v) is 11.3. The molecule has 7 nitrogen and oxygen atoms in total. The van der Waals surface area contributed by atoms with Gasteiger partial charge in [0.25, 0.3) is 5.91 Å². The van der Waals surface area contributed by atoms with E-state index < -0.39 is 5.41 Å². The first-order chi connectivity index (χ1) is 16.0. The van der Waals surface area contributed by atoms with E-state index in [1.807, 2.05) is 38.1 Å². The summed E-state index contributed by atoms with van der Waals surface area (Å²) in [5, 5.41) is 3.13. The molecule has 1 fully saturated rings. The van der Waals surface area contributed by atoms with Crippen LogP contribution in [0.15, 0.2) is 67.4 Å². The Balaban J connectivity index is 1.60. The number of pyridine rings is 1. The smallest absolute Gasteiger partial charge is 0.274 e. The molecule has 0 bridgehead atoms. The van der Waals surface area contributed by atoms with Crippen LogP contribution in [-0.2, 0) is 11.2 Å². The van der Waals surface area contributed by atoms with Crippen molar-refractivity contribution in [3.8, 4) is 11.1 Å². The van der Waals surface area contributed by atoms with Gasteiger partial charge < -0.3 is 10.2 Å². The monoisotopic (exact) mass is 443 g/mol. The molecule has 0 spiro atoms. The standard InChI is InChI=1S/C26H29N5O2/c1-19(2)30-25(33)26(9-15-31(16-10-26)24(32)23-18-28-13-14-29-23)17-21-5-3-4-6-22(21)20-7-11-27-12-8-20/h3-8,11-14,18-19H,9-10,15-17H2,1-2H3,(H,30,33). The van der Waals surface area contributed by atoms with E-state index in [0.717, 1.165) is 16.7 Å². The van der Waals surface area contributed by atoms with Crippen molar-refractivity contribution >= 4 is 11.8 Å². The van der Waals surface area contributed by atoms with Crippen molar-refractivity contribution < 1.29 is 9.59 Å². The average molecular weight is 444 g/mol. The lowest BCUT2D eigenvalue weighted by molar-refractivity contribution is -0.134. The molecule has 1 aromatic carbocycles. The largest absolute Gasteiger partial charge is 0.353 e. The van der Waals surface area contributed by atoms with Crippen LogP contribution in [0.1, 0.15) is 42.7 Å². The fourth-order valence-corrected chi connectivity index (χ4v) is 4.46. The topological polar surface area (TPSA) is 88.1 Å². The first-order valence-electron chi connectivity index (χ1n) is 11.3. The van der Waals surface area contributed by atoms with E-state index in [4.69, 9.17) is 0 Å². The van der Waals surface area contributed by atoms with Crippen molar-refractivity contribution in [1.82, 2.24) is 25.2 Å². The van der Waals surface area contributed by atoms with Crippen molar-refractivity contribution in [3.63, 3.8) is 0 Å². The second kappa shape index (κ2) is 9.90. The molecule has 1 aliphatic rings. The lowest BCUT2D eigenvalue weighted by Crippen LogP contribution is -2.52. The van der Waals surface area contributed by atoms with Gasteiger partial charge in [-0.3, -0.25) is 19.6 Å². The summed E-state index contributed by atoms with van der Waals surface area (Å²) >= 11 is 0. The summed E-state index contributed by atoms with van der Waals surface area (Å²) in [6.45, 7) is 4.95. The van der Waals surface area contributed by atoms with Crippen LogP contribution in [0, 0.1) is 5.41 Å². The third kappa shape index (κ3) is 5.08. The number of likely N-dealkylation sites (tertiary alicyclic amines) is 1. The van der Waals surface area contributed by atoms with Crippen molar-refractivity contribution in [2.24, 2.45) is 5.41 Å². The molecule has 33 heavy (non-hydrogen) atoms. The number of amides is 2. The van der Waals surface area contributed by atoms with Crippen LogP contribution in [0.3, 0.4) is 0 Å². The number of piperidine rings is 1. The fourth-order valence-electron chi connectivity index (χ4n) is 4.46. The van der Waals surface area contributed by atoms with Crippen LogP contribution >= 0.6 is 0 Å². The molecular formula is C26H29N5O2. The molecule has 0 unspecified atom stereocenters. The van der Waals surface area contributed by atoms with Crippen molar-refractivity contribution in [2.75, 3.05) is 13.1 Å². The Morgan fingerprint density at radius 2 is 1.73 bits per heavy atom. The van der Waals surface area contributed by atoms with Gasteiger partial charge in [-0.05, 0) is 61.9 Å². The number of carbonyl (C=O) groups is 2. The zero-order chi connectivity index (χ0) is 23.3. The summed E-state index contributed by atoms with van der Waals surface area (Å²) in [6.07, 6.45) is 9.90. The predicted molar refractivity (Wildman–Crippen MR) is 126 cm³/mol. The number of nitrogens with one attached hydrogen (secondary N) is 1. The number of hydrogen-bond acceptors (Lipinski definition) is 5. The van der Waals surface area contributed by atoms with Gasteiger partial charge in [-0.2, -0.15) is 0 Å². The van der Waals surface area contributed by atoms with E-state index in [1.165, 1.54) is 12.4 Å². The van der Waals surface area contributed by atoms with E-state index in [2.05, 4.69) is 32.4 Å². The van der Waals surface area contributed by atoms with E-state index in [1.54, 1.807) is 23.5 Å². The minimum absolute atomic E-state index is 0.0454. The Hall–Kier alpha value is -3.61.